The van der Waals surface area contributed by atoms with Crippen LogP contribution in [0.1, 0.15) is 55.7 Å². The molecule has 0 aliphatic carbocycles. The normalized spacial score (nSPS) is 11.8. The predicted molar refractivity (Wildman–Crippen MR) is 146 cm³/mol. The minimum atomic E-state index is -0.709. The first kappa shape index (κ1) is 29.2. The lowest BCUT2D eigenvalue weighted by molar-refractivity contribution is -0.141. The number of carbonyl (C=O) groups excluding carboxylic acids is 3. The molecule has 0 aliphatic rings. The lowest BCUT2D eigenvalue weighted by Crippen LogP contribution is -2.41. The Bertz CT molecular complexity index is 1300. The molecule has 2 N–H and O–H groups in total. The smallest absolute Gasteiger partial charge is 0.408 e. The van der Waals surface area contributed by atoms with Crippen LogP contribution in [0, 0.1) is 13.8 Å². The second-order valence-corrected chi connectivity index (χ2v) is 10.0. The number of nitrogens with one attached hydrogen (secondary N) is 2. The van der Waals surface area contributed by atoms with Crippen LogP contribution in [0.3, 0.4) is 0 Å². The Labute approximate surface area is 228 Å². The number of benzene rings is 2. The number of ether oxygens (including phenoxy) is 3. The lowest BCUT2D eigenvalue weighted by Gasteiger charge is -2.21. The molecule has 0 saturated heterocycles. The molecule has 10 nitrogen and oxygen atoms in total. The molecule has 0 spiro atoms. The van der Waals surface area contributed by atoms with Gasteiger partial charge in [0.15, 0.2) is 5.75 Å². The Hall–Kier alpha value is -4.34. The van der Waals surface area contributed by atoms with E-state index in [1.807, 2.05) is 62.4 Å². The van der Waals surface area contributed by atoms with E-state index in [1.165, 1.54) is 7.11 Å². The number of amides is 2. The van der Waals surface area contributed by atoms with Crippen LogP contribution in [0.15, 0.2) is 54.6 Å². The van der Waals surface area contributed by atoms with Crippen molar-refractivity contribution >= 4 is 18.0 Å². The van der Waals surface area contributed by atoms with Crippen LogP contribution < -0.4 is 15.4 Å². The highest BCUT2D eigenvalue weighted by atomic mass is 16.6. The molecule has 2 amide bonds. The molecule has 0 fully saturated rings. The van der Waals surface area contributed by atoms with Crippen LogP contribution in [-0.4, -0.2) is 47.0 Å². The van der Waals surface area contributed by atoms with Gasteiger partial charge in [0.25, 0.3) is 0 Å². The summed E-state index contributed by atoms with van der Waals surface area (Å²) in [6.07, 6.45) is -0.806. The van der Waals surface area contributed by atoms with Crippen molar-refractivity contribution in [2.45, 2.75) is 59.3 Å². The van der Waals surface area contributed by atoms with E-state index in [0.717, 1.165) is 22.6 Å². The molecule has 208 valence electrons. The molecule has 0 bridgehead atoms. The van der Waals surface area contributed by atoms with Gasteiger partial charge in [-0.05, 0) is 57.9 Å². The molecular weight excluding hydrogens is 500 g/mol. The molecule has 39 heavy (non-hydrogen) atoms. The Morgan fingerprint density at radius 3 is 2.41 bits per heavy atom. The highest BCUT2D eigenvalue weighted by Gasteiger charge is 2.22. The van der Waals surface area contributed by atoms with Crippen molar-refractivity contribution in [3.8, 4) is 11.4 Å². The predicted octanol–water partition coefficient (Wildman–Crippen LogP) is 4.31. The maximum Gasteiger partial charge on any atom is 0.408 e. The van der Waals surface area contributed by atoms with Crippen molar-refractivity contribution in [1.82, 2.24) is 20.4 Å². The number of nitrogens with zero attached hydrogens (tertiary/aromatic N) is 2. The second kappa shape index (κ2) is 12.9. The summed E-state index contributed by atoms with van der Waals surface area (Å²) in [4.78, 5) is 36.7. The van der Waals surface area contributed by atoms with E-state index < -0.39 is 29.6 Å². The summed E-state index contributed by atoms with van der Waals surface area (Å²) < 4.78 is 17.9. The monoisotopic (exact) mass is 536 g/mol. The SMILES string of the molecule is COC(=O)C[C@H](NC(=O)CNC(=O)OC(C)(C)C)c1cccc(-n2nc(C)c(OCc3ccccc3)c2C)c1. The first-order valence-electron chi connectivity index (χ1n) is 12.6. The lowest BCUT2D eigenvalue weighted by atomic mass is 10.0. The van der Waals surface area contributed by atoms with Gasteiger partial charge in [0.2, 0.25) is 5.91 Å². The van der Waals surface area contributed by atoms with E-state index in [9.17, 15) is 14.4 Å². The number of hydrogen-bond donors (Lipinski definition) is 2. The van der Waals surface area contributed by atoms with Crippen LogP contribution in [0.5, 0.6) is 5.75 Å². The van der Waals surface area contributed by atoms with Crippen molar-refractivity contribution in [3.05, 3.63) is 77.1 Å². The molecule has 0 unspecified atom stereocenters. The number of carbonyl (C=O) groups is 3. The van der Waals surface area contributed by atoms with Gasteiger partial charge in [-0.3, -0.25) is 9.59 Å². The third kappa shape index (κ3) is 8.59. The third-order valence-electron chi connectivity index (χ3n) is 5.69. The summed E-state index contributed by atoms with van der Waals surface area (Å²) in [5, 5.41) is 9.88. The van der Waals surface area contributed by atoms with E-state index >= 15 is 0 Å². The van der Waals surface area contributed by atoms with Crippen molar-refractivity contribution in [2.75, 3.05) is 13.7 Å². The van der Waals surface area contributed by atoms with Crippen molar-refractivity contribution < 1.29 is 28.6 Å². The molecule has 10 heteroatoms. The van der Waals surface area contributed by atoms with Gasteiger partial charge in [-0.25, -0.2) is 9.48 Å². The molecule has 1 aromatic heterocycles. The van der Waals surface area contributed by atoms with E-state index in [4.69, 9.17) is 14.2 Å². The fourth-order valence-corrected chi connectivity index (χ4v) is 3.91. The molecule has 2 aromatic carbocycles. The minimum absolute atomic E-state index is 0.0965. The van der Waals surface area contributed by atoms with Gasteiger partial charge >= 0.3 is 12.1 Å². The Kier molecular flexibility index (Phi) is 9.70. The summed E-state index contributed by atoms with van der Waals surface area (Å²) in [6, 6.07) is 16.5. The maximum absolute atomic E-state index is 12.6. The van der Waals surface area contributed by atoms with E-state index in [0.29, 0.717) is 17.9 Å². The number of rotatable bonds is 10. The summed E-state index contributed by atoms with van der Waals surface area (Å²) in [5.74, 6) is -0.284. The first-order chi connectivity index (χ1) is 18.5. The van der Waals surface area contributed by atoms with Gasteiger partial charge in [-0.15, -0.1) is 0 Å². The Balaban J connectivity index is 1.78. The summed E-state index contributed by atoms with van der Waals surface area (Å²) in [7, 11) is 1.29. The zero-order valence-electron chi connectivity index (χ0n) is 23.2. The Morgan fingerprint density at radius 2 is 1.74 bits per heavy atom. The molecule has 0 saturated carbocycles. The van der Waals surface area contributed by atoms with Gasteiger partial charge in [-0.1, -0.05) is 42.5 Å². The maximum atomic E-state index is 12.6. The first-order valence-corrected chi connectivity index (χ1v) is 12.6. The molecule has 0 radical (unpaired) electrons. The van der Waals surface area contributed by atoms with Crippen LogP contribution in [-0.2, 0) is 25.7 Å². The molecule has 3 rings (SSSR count). The van der Waals surface area contributed by atoms with Gasteiger partial charge in [-0.2, -0.15) is 5.10 Å². The summed E-state index contributed by atoms with van der Waals surface area (Å²) in [5.41, 5.74) is 3.32. The van der Waals surface area contributed by atoms with E-state index in [2.05, 4.69) is 15.7 Å². The number of aromatic nitrogens is 2. The topological polar surface area (TPSA) is 121 Å². The van der Waals surface area contributed by atoms with E-state index in [1.54, 1.807) is 31.5 Å². The zero-order valence-corrected chi connectivity index (χ0v) is 23.2. The molecule has 0 aliphatic heterocycles. The molecule has 1 atom stereocenters. The number of alkyl carbamates (subject to hydrolysis) is 1. The fraction of sp³-hybridized carbons (Fsp3) is 0.379. The standard InChI is InChI=1S/C29H36N4O6/c1-19-27(38-18-21-11-8-7-9-12-21)20(2)33(32-19)23-14-10-13-22(15-23)24(16-26(35)37-6)31-25(34)17-30-28(36)39-29(3,4)5/h7-15,24H,16-18H2,1-6H3,(H,30,36)(H,31,34)/t24-/m0/s1. The van der Waals surface area contributed by atoms with Crippen molar-refractivity contribution in [1.29, 1.82) is 0 Å². The number of methoxy groups -OCH3 is 1. The molecular formula is C29H36N4O6. The fourth-order valence-electron chi connectivity index (χ4n) is 3.91. The minimum Gasteiger partial charge on any atom is -0.485 e. The van der Waals surface area contributed by atoms with Crippen LogP contribution in [0.4, 0.5) is 4.79 Å². The number of esters is 1. The van der Waals surface area contributed by atoms with Gasteiger partial charge in [0, 0.05) is 0 Å². The Morgan fingerprint density at radius 1 is 1.03 bits per heavy atom. The van der Waals surface area contributed by atoms with Crippen molar-refractivity contribution in [2.24, 2.45) is 0 Å². The average molecular weight is 537 g/mol. The summed E-state index contributed by atoms with van der Waals surface area (Å²) >= 11 is 0. The average Bonchev–Trinajstić information content (AvgIpc) is 3.18. The van der Waals surface area contributed by atoms with E-state index in [-0.39, 0.29) is 13.0 Å². The van der Waals surface area contributed by atoms with Gasteiger partial charge in [0.1, 0.15) is 24.4 Å². The zero-order chi connectivity index (χ0) is 28.6. The van der Waals surface area contributed by atoms with Crippen LogP contribution in [0.2, 0.25) is 0 Å². The largest absolute Gasteiger partial charge is 0.485 e. The number of aryl methyl sites for hydroxylation is 1. The second-order valence-electron chi connectivity index (χ2n) is 10.0. The van der Waals surface area contributed by atoms with Crippen LogP contribution in [0.25, 0.3) is 5.69 Å². The molecule has 3 aromatic rings. The highest BCUT2D eigenvalue weighted by Crippen LogP contribution is 2.28. The van der Waals surface area contributed by atoms with Gasteiger partial charge < -0.3 is 24.8 Å². The number of hydrogen-bond acceptors (Lipinski definition) is 7. The van der Waals surface area contributed by atoms with Crippen molar-refractivity contribution in [3.63, 3.8) is 0 Å². The quantitative estimate of drug-likeness (QED) is 0.370. The highest BCUT2D eigenvalue weighted by molar-refractivity contribution is 5.83. The third-order valence-corrected chi connectivity index (χ3v) is 5.69. The summed E-state index contributed by atoms with van der Waals surface area (Å²) in [6.45, 7) is 9.09. The van der Waals surface area contributed by atoms with Crippen LogP contribution >= 0.6 is 0 Å². The molecule has 1 heterocycles. The van der Waals surface area contributed by atoms with Gasteiger partial charge in [0.05, 0.1) is 31.0 Å².